The van der Waals surface area contributed by atoms with Crippen molar-refractivity contribution in [2.45, 2.75) is 33.6 Å². The fourth-order valence-corrected chi connectivity index (χ4v) is 0.835. The summed E-state index contributed by atoms with van der Waals surface area (Å²) in [5.41, 5.74) is 2.32. The Morgan fingerprint density at radius 2 is 1.87 bits per heavy atom. The highest BCUT2D eigenvalue weighted by molar-refractivity contribution is 5.97. The first-order chi connectivity index (χ1) is 6.97. The van der Waals surface area contributed by atoms with Crippen LogP contribution in [0.25, 0.3) is 0 Å². The van der Waals surface area contributed by atoms with Crippen molar-refractivity contribution in [2.24, 2.45) is 0 Å². The Morgan fingerprint density at radius 1 is 1.27 bits per heavy atom. The number of carbonyl (C=O) groups excluding carboxylic acids is 3. The van der Waals surface area contributed by atoms with Crippen LogP contribution in [0.1, 0.15) is 33.6 Å². The second-order valence-corrected chi connectivity index (χ2v) is 3.09. The zero-order chi connectivity index (χ0) is 11.8. The van der Waals surface area contributed by atoms with E-state index in [-0.39, 0.29) is 12.2 Å². The molecule has 0 spiro atoms. The van der Waals surface area contributed by atoms with E-state index in [1.165, 1.54) is 6.92 Å². The van der Waals surface area contributed by atoms with Crippen LogP contribution >= 0.6 is 0 Å². The monoisotopic (exact) mass is 213 g/mol. The molecule has 0 aliphatic rings. The normalized spacial score (nSPS) is 10.7. The van der Waals surface area contributed by atoms with Crippen molar-refractivity contribution in [1.29, 1.82) is 0 Å². The van der Waals surface area contributed by atoms with Gasteiger partial charge in [-0.15, -0.1) is 0 Å². The molecule has 0 rings (SSSR count). The van der Waals surface area contributed by atoms with Gasteiger partial charge in [-0.25, -0.2) is 4.79 Å². The highest BCUT2D eigenvalue weighted by atomic mass is 16.7. The van der Waals surface area contributed by atoms with Crippen LogP contribution in [-0.4, -0.2) is 17.7 Å². The topological polar surface area (TPSA) is 72.5 Å². The fraction of sp³-hybridized carbons (Fsp3) is 0.500. The van der Waals surface area contributed by atoms with Gasteiger partial charge >= 0.3 is 5.97 Å². The molecule has 15 heavy (non-hydrogen) atoms. The van der Waals surface area contributed by atoms with Crippen LogP contribution in [-0.2, 0) is 19.2 Å². The Labute approximate surface area is 88.4 Å². The van der Waals surface area contributed by atoms with Gasteiger partial charge in [0, 0.05) is 5.57 Å². The average molecular weight is 213 g/mol. The lowest BCUT2D eigenvalue weighted by molar-refractivity contribution is -0.155. The number of ketones is 1. The summed E-state index contributed by atoms with van der Waals surface area (Å²) in [6.45, 7) is 4.75. The molecule has 1 N–H and O–H groups in total. The van der Waals surface area contributed by atoms with Gasteiger partial charge in [-0.05, 0) is 20.3 Å². The van der Waals surface area contributed by atoms with E-state index in [2.05, 4.69) is 4.84 Å². The number of nitrogens with one attached hydrogen (secondary N) is 1. The molecule has 0 fully saturated rings. The molecule has 0 saturated carbocycles. The van der Waals surface area contributed by atoms with E-state index >= 15 is 0 Å². The average Bonchev–Trinajstić information content (AvgIpc) is 2.13. The van der Waals surface area contributed by atoms with E-state index in [4.69, 9.17) is 0 Å². The Hall–Kier alpha value is -1.65. The number of carbonyl (C=O) groups is 3. The summed E-state index contributed by atoms with van der Waals surface area (Å²) in [5.74, 6) is -1.53. The number of allylic oxidation sites excluding steroid dienone is 1. The minimum atomic E-state index is -0.625. The van der Waals surface area contributed by atoms with Gasteiger partial charge in [0.2, 0.25) is 0 Å². The molecule has 0 radical (unpaired) electrons. The Kier molecular flexibility index (Phi) is 6.01. The molecule has 5 heteroatoms. The molecule has 1 amide bonds. The van der Waals surface area contributed by atoms with E-state index in [0.717, 1.165) is 0 Å². The van der Waals surface area contributed by atoms with Crippen LogP contribution in [0.5, 0.6) is 0 Å². The van der Waals surface area contributed by atoms with E-state index in [1.807, 2.05) is 12.4 Å². The van der Waals surface area contributed by atoms with Crippen LogP contribution in [0.15, 0.2) is 11.6 Å². The number of hydroxylamine groups is 1. The van der Waals surface area contributed by atoms with Crippen molar-refractivity contribution >= 4 is 17.7 Å². The number of hydrogen-bond acceptors (Lipinski definition) is 4. The predicted octanol–water partition coefficient (Wildman–Crippen LogP) is 0.896. The molecule has 5 nitrogen and oxygen atoms in total. The third-order valence-corrected chi connectivity index (χ3v) is 1.50. The zero-order valence-corrected chi connectivity index (χ0v) is 9.12. The van der Waals surface area contributed by atoms with E-state index < -0.39 is 11.9 Å². The van der Waals surface area contributed by atoms with E-state index in [9.17, 15) is 14.4 Å². The first-order valence-electron chi connectivity index (χ1n) is 4.63. The molecule has 84 valence electrons. The largest absolute Gasteiger partial charge is 0.358 e. The van der Waals surface area contributed by atoms with Crippen molar-refractivity contribution in [1.82, 2.24) is 5.48 Å². The van der Waals surface area contributed by atoms with Gasteiger partial charge in [0.1, 0.15) is 5.78 Å². The molecule has 0 saturated heterocycles. The smallest absolute Gasteiger partial charge is 0.336 e. The van der Waals surface area contributed by atoms with Crippen molar-refractivity contribution in [3.05, 3.63) is 11.6 Å². The quantitative estimate of drug-likeness (QED) is 0.427. The minimum absolute atomic E-state index is 0.288. The summed E-state index contributed by atoms with van der Waals surface area (Å²) in [4.78, 5) is 37.0. The molecule has 0 aromatic carbocycles. The van der Waals surface area contributed by atoms with Gasteiger partial charge in [-0.2, -0.15) is 5.48 Å². The van der Waals surface area contributed by atoms with Gasteiger partial charge in [-0.3, -0.25) is 9.59 Å². The van der Waals surface area contributed by atoms with Crippen LogP contribution in [0, 0.1) is 0 Å². The van der Waals surface area contributed by atoms with Gasteiger partial charge in [0.25, 0.3) is 5.91 Å². The van der Waals surface area contributed by atoms with Gasteiger partial charge in [0.15, 0.2) is 0 Å². The van der Waals surface area contributed by atoms with Crippen molar-refractivity contribution in [3.8, 4) is 0 Å². The second-order valence-electron chi connectivity index (χ2n) is 3.09. The maximum atomic E-state index is 11.1. The zero-order valence-electron chi connectivity index (χ0n) is 9.12. The second kappa shape index (κ2) is 6.75. The molecular weight excluding hydrogens is 198 g/mol. The lowest BCUT2D eigenvalue weighted by Gasteiger charge is -2.04. The molecule has 0 aromatic rings. The standard InChI is InChI=1S/C10H15NO4/c1-4-5-7(2)10(14)15-11-9(13)6-8(3)12/h5H,4,6H2,1-3H3,(H,11,13). The highest BCUT2D eigenvalue weighted by Gasteiger charge is 2.09. The van der Waals surface area contributed by atoms with Gasteiger partial charge in [-0.1, -0.05) is 13.0 Å². The fourth-order valence-electron chi connectivity index (χ4n) is 0.835. The third kappa shape index (κ3) is 6.42. The van der Waals surface area contributed by atoms with Crippen LogP contribution in [0.2, 0.25) is 0 Å². The molecule has 0 bridgehead atoms. The van der Waals surface area contributed by atoms with Gasteiger partial charge in [0.05, 0.1) is 6.42 Å². The lowest BCUT2D eigenvalue weighted by Crippen LogP contribution is -2.28. The number of Topliss-reactive ketones (excluding diaryl/α,β-unsaturated/α-hetero) is 1. The van der Waals surface area contributed by atoms with Crippen LogP contribution in [0.4, 0.5) is 0 Å². The molecule has 0 aromatic heterocycles. The number of rotatable bonds is 4. The molecule has 0 atom stereocenters. The Bertz CT molecular complexity index is 294. The Morgan fingerprint density at radius 3 is 2.33 bits per heavy atom. The first-order valence-corrected chi connectivity index (χ1v) is 4.63. The van der Waals surface area contributed by atoms with Crippen molar-refractivity contribution < 1.29 is 19.2 Å². The summed E-state index contributed by atoms with van der Waals surface area (Å²) in [5, 5.41) is 0. The molecule has 0 aliphatic carbocycles. The van der Waals surface area contributed by atoms with Crippen LogP contribution < -0.4 is 5.48 Å². The van der Waals surface area contributed by atoms with Crippen molar-refractivity contribution in [2.75, 3.05) is 0 Å². The summed E-state index contributed by atoms with van der Waals surface area (Å²) < 4.78 is 0. The summed E-state index contributed by atoms with van der Waals surface area (Å²) in [6, 6.07) is 0. The number of amides is 1. The minimum Gasteiger partial charge on any atom is -0.336 e. The van der Waals surface area contributed by atoms with E-state index in [0.29, 0.717) is 12.0 Å². The molecule has 0 unspecified atom stereocenters. The van der Waals surface area contributed by atoms with Gasteiger partial charge < -0.3 is 4.84 Å². The number of hydrogen-bond donors (Lipinski definition) is 1. The summed E-state index contributed by atoms with van der Waals surface area (Å²) in [6.07, 6.45) is 2.10. The summed E-state index contributed by atoms with van der Waals surface area (Å²) >= 11 is 0. The van der Waals surface area contributed by atoms with Crippen molar-refractivity contribution in [3.63, 3.8) is 0 Å². The molecule has 0 aliphatic heterocycles. The highest BCUT2D eigenvalue weighted by Crippen LogP contribution is 1.97. The van der Waals surface area contributed by atoms with E-state index in [1.54, 1.807) is 13.0 Å². The SMILES string of the molecule is CCC=C(C)C(=O)ONC(=O)CC(C)=O. The molecular formula is C10H15NO4. The maximum Gasteiger partial charge on any atom is 0.358 e. The first kappa shape index (κ1) is 13.4. The lowest BCUT2D eigenvalue weighted by atomic mass is 10.2. The Balaban J connectivity index is 3.96. The predicted molar refractivity (Wildman–Crippen MR) is 53.6 cm³/mol. The maximum absolute atomic E-state index is 11.1. The molecule has 0 heterocycles. The third-order valence-electron chi connectivity index (χ3n) is 1.50. The van der Waals surface area contributed by atoms with Crippen LogP contribution in [0.3, 0.4) is 0 Å². The summed E-state index contributed by atoms with van der Waals surface area (Å²) in [7, 11) is 0.